The van der Waals surface area contributed by atoms with E-state index in [1.165, 1.54) is 19.0 Å². The van der Waals surface area contributed by atoms with Crippen molar-refractivity contribution in [2.24, 2.45) is 0 Å². The number of sulfone groups is 1. The molecule has 0 unspecified atom stereocenters. The van der Waals surface area contributed by atoms with Crippen LogP contribution in [0.4, 0.5) is 20.4 Å². The first-order valence-electron chi connectivity index (χ1n) is 5.17. The summed E-state index contributed by atoms with van der Waals surface area (Å²) in [6.07, 6.45) is 1.09. The number of pyridine rings is 1. The van der Waals surface area contributed by atoms with Gasteiger partial charge in [0.1, 0.15) is 9.84 Å². The average Bonchev–Trinajstić information content (AvgIpc) is 2.25. The summed E-state index contributed by atoms with van der Waals surface area (Å²) in [5.41, 5.74) is 0. The Morgan fingerprint density at radius 1 is 1.39 bits per heavy atom. The van der Waals surface area contributed by atoms with Crippen LogP contribution < -0.4 is 10.2 Å². The van der Waals surface area contributed by atoms with Crippen molar-refractivity contribution in [3.63, 3.8) is 0 Å². The predicted octanol–water partition coefficient (Wildman–Crippen LogP) is 0.882. The molecule has 1 aromatic heterocycles. The molecule has 1 rings (SSSR count). The van der Waals surface area contributed by atoms with Gasteiger partial charge in [-0.15, -0.1) is 0 Å². The van der Waals surface area contributed by atoms with Crippen molar-refractivity contribution >= 4 is 21.5 Å². The van der Waals surface area contributed by atoms with Gasteiger partial charge in [-0.25, -0.2) is 22.2 Å². The van der Waals surface area contributed by atoms with E-state index in [4.69, 9.17) is 0 Å². The van der Waals surface area contributed by atoms with Gasteiger partial charge in [-0.1, -0.05) is 0 Å². The molecule has 0 atom stereocenters. The van der Waals surface area contributed by atoms with Crippen molar-refractivity contribution < 1.29 is 17.2 Å². The van der Waals surface area contributed by atoms with Gasteiger partial charge in [-0.2, -0.15) is 0 Å². The standard InChI is InChI=1S/C10H15F2N3O2S/c1-13-9-7(11)6-8(12)10(14-9)15(2)4-5-18(3,16)17/h6H,4-5H2,1-3H3,(H,13,14). The van der Waals surface area contributed by atoms with E-state index in [2.05, 4.69) is 10.3 Å². The van der Waals surface area contributed by atoms with Gasteiger partial charge in [-0.05, 0) is 0 Å². The Balaban J connectivity index is 2.95. The lowest BCUT2D eigenvalue weighted by Gasteiger charge is -2.19. The zero-order valence-electron chi connectivity index (χ0n) is 10.4. The molecule has 0 saturated carbocycles. The summed E-state index contributed by atoms with van der Waals surface area (Å²) in [6, 6.07) is 0.713. The Morgan fingerprint density at radius 2 is 2.00 bits per heavy atom. The largest absolute Gasteiger partial charge is 0.371 e. The molecule has 0 spiro atoms. The normalized spacial score (nSPS) is 11.4. The molecule has 8 heteroatoms. The molecule has 0 aliphatic carbocycles. The minimum atomic E-state index is -3.15. The minimum Gasteiger partial charge on any atom is -0.371 e. The molecule has 0 amide bonds. The number of aromatic nitrogens is 1. The minimum absolute atomic E-state index is 0.0809. The Bertz CT molecular complexity index is 534. The number of hydrogen-bond donors (Lipinski definition) is 1. The van der Waals surface area contributed by atoms with Crippen LogP contribution in [-0.2, 0) is 9.84 Å². The third-order valence-electron chi connectivity index (χ3n) is 2.31. The molecule has 0 aliphatic rings. The summed E-state index contributed by atoms with van der Waals surface area (Å²) in [5.74, 6) is -1.93. The fourth-order valence-electron chi connectivity index (χ4n) is 1.31. The van der Waals surface area contributed by atoms with E-state index in [1.54, 1.807) is 0 Å². The summed E-state index contributed by atoms with van der Waals surface area (Å²) >= 11 is 0. The molecule has 1 heterocycles. The predicted molar refractivity (Wildman–Crippen MR) is 66.7 cm³/mol. The second kappa shape index (κ2) is 5.47. The highest BCUT2D eigenvalue weighted by molar-refractivity contribution is 7.90. The Hall–Kier alpha value is -1.44. The van der Waals surface area contributed by atoms with Crippen LogP contribution in [0.1, 0.15) is 0 Å². The summed E-state index contributed by atoms with van der Waals surface area (Å²) in [4.78, 5) is 5.09. The number of nitrogens with zero attached hydrogens (tertiary/aromatic N) is 2. The highest BCUT2D eigenvalue weighted by atomic mass is 32.2. The van der Waals surface area contributed by atoms with Crippen LogP contribution in [0.25, 0.3) is 0 Å². The van der Waals surface area contributed by atoms with Gasteiger partial charge < -0.3 is 10.2 Å². The van der Waals surface area contributed by atoms with E-state index < -0.39 is 21.5 Å². The topological polar surface area (TPSA) is 62.3 Å². The lowest BCUT2D eigenvalue weighted by atomic mass is 10.3. The first kappa shape index (κ1) is 14.6. The van der Waals surface area contributed by atoms with E-state index >= 15 is 0 Å². The molecule has 1 aromatic rings. The average molecular weight is 279 g/mol. The molecule has 18 heavy (non-hydrogen) atoms. The maximum Gasteiger partial charge on any atom is 0.168 e. The van der Waals surface area contributed by atoms with Crippen LogP contribution in [0.2, 0.25) is 0 Å². The van der Waals surface area contributed by atoms with Gasteiger partial charge in [0.15, 0.2) is 23.3 Å². The number of hydrogen-bond acceptors (Lipinski definition) is 5. The lowest BCUT2D eigenvalue weighted by molar-refractivity contribution is 0.572. The van der Waals surface area contributed by atoms with Crippen molar-refractivity contribution in [3.05, 3.63) is 17.7 Å². The van der Waals surface area contributed by atoms with E-state index in [1.807, 2.05) is 0 Å². The molecular formula is C10H15F2N3O2S. The zero-order valence-corrected chi connectivity index (χ0v) is 11.2. The van der Waals surface area contributed by atoms with Crippen molar-refractivity contribution in [1.82, 2.24) is 4.98 Å². The Kier molecular flexibility index (Phi) is 4.44. The van der Waals surface area contributed by atoms with Crippen molar-refractivity contribution in [2.75, 3.05) is 42.9 Å². The van der Waals surface area contributed by atoms with Gasteiger partial charge in [-0.3, -0.25) is 0 Å². The van der Waals surface area contributed by atoms with Gasteiger partial charge in [0, 0.05) is 33.0 Å². The van der Waals surface area contributed by atoms with E-state index in [-0.39, 0.29) is 23.9 Å². The molecule has 102 valence electrons. The van der Waals surface area contributed by atoms with Gasteiger partial charge >= 0.3 is 0 Å². The third kappa shape index (κ3) is 3.80. The number of rotatable bonds is 5. The highest BCUT2D eigenvalue weighted by Gasteiger charge is 2.15. The van der Waals surface area contributed by atoms with Gasteiger partial charge in [0.05, 0.1) is 5.75 Å². The number of nitrogens with one attached hydrogen (secondary N) is 1. The summed E-state index contributed by atoms with van der Waals surface area (Å²) < 4.78 is 48.7. The summed E-state index contributed by atoms with van der Waals surface area (Å²) in [6.45, 7) is 0.0809. The van der Waals surface area contributed by atoms with Crippen LogP contribution in [0.3, 0.4) is 0 Å². The van der Waals surface area contributed by atoms with Crippen LogP contribution in [0.5, 0.6) is 0 Å². The molecular weight excluding hydrogens is 264 g/mol. The maximum absolute atomic E-state index is 13.5. The fraction of sp³-hybridized carbons (Fsp3) is 0.500. The zero-order chi connectivity index (χ0) is 13.9. The number of halogens is 2. The summed E-state index contributed by atoms with van der Waals surface area (Å²) in [7, 11) is -0.190. The molecule has 5 nitrogen and oxygen atoms in total. The van der Waals surface area contributed by atoms with Crippen molar-refractivity contribution in [2.45, 2.75) is 0 Å². The molecule has 0 aliphatic heterocycles. The molecule has 0 fully saturated rings. The number of anilines is 2. The van der Waals surface area contributed by atoms with E-state index in [0.717, 1.165) is 6.26 Å². The third-order valence-corrected chi connectivity index (χ3v) is 3.23. The maximum atomic E-state index is 13.5. The van der Waals surface area contributed by atoms with E-state index in [0.29, 0.717) is 6.07 Å². The van der Waals surface area contributed by atoms with Gasteiger partial charge in [0.2, 0.25) is 0 Å². The first-order chi connectivity index (χ1) is 8.24. The van der Waals surface area contributed by atoms with Crippen molar-refractivity contribution in [1.29, 1.82) is 0 Å². The highest BCUT2D eigenvalue weighted by Crippen LogP contribution is 2.21. The first-order valence-corrected chi connectivity index (χ1v) is 7.23. The lowest BCUT2D eigenvalue weighted by Crippen LogP contribution is -2.27. The van der Waals surface area contributed by atoms with Crippen LogP contribution >= 0.6 is 0 Å². The second-order valence-electron chi connectivity index (χ2n) is 3.93. The Labute approximate surface area is 105 Å². The molecule has 0 bridgehead atoms. The van der Waals surface area contributed by atoms with Crippen LogP contribution in [0.15, 0.2) is 6.07 Å². The van der Waals surface area contributed by atoms with Crippen LogP contribution in [0, 0.1) is 11.6 Å². The molecule has 0 radical (unpaired) electrons. The molecule has 1 N–H and O–H groups in total. The monoisotopic (exact) mass is 279 g/mol. The summed E-state index contributed by atoms with van der Waals surface area (Å²) in [5, 5.41) is 2.49. The smallest absolute Gasteiger partial charge is 0.168 e. The Morgan fingerprint density at radius 3 is 2.50 bits per heavy atom. The van der Waals surface area contributed by atoms with Gasteiger partial charge in [0.25, 0.3) is 0 Å². The quantitative estimate of drug-likeness (QED) is 0.867. The van der Waals surface area contributed by atoms with E-state index in [9.17, 15) is 17.2 Å². The second-order valence-corrected chi connectivity index (χ2v) is 6.19. The van der Waals surface area contributed by atoms with Crippen molar-refractivity contribution in [3.8, 4) is 0 Å². The fourth-order valence-corrected chi connectivity index (χ4v) is 1.91. The van der Waals surface area contributed by atoms with Crippen LogP contribution in [-0.4, -0.2) is 46.1 Å². The molecule has 0 aromatic carbocycles. The molecule has 0 saturated heterocycles. The SMILES string of the molecule is CNc1nc(N(C)CCS(C)(=O)=O)c(F)cc1F.